The monoisotopic (exact) mass is 797 g/mol. The van der Waals surface area contributed by atoms with Gasteiger partial charge in [0.25, 0.3) is 0 Å². The molecular weight excluding hydrogens is 747 g/mol. The zero-order valence-electron chi connectivity index (χ0n) is 31.8. The number of ether oxygens (including phenoxy) is 4. The van der Waals surface area contributed by atoms with E-state index in [1.165, 1.54) is 4.90 Å². The fraction of sp³-hybridized carbons (Fsp3) is 0.513. The lowest BCUT2D eigenvalue weighted by atomic mass is 10.1. The first-order valence-corrected chi connectivity index (χ1v) is 20.3. The molecule has 2 aromatic carbocycles. The number of carbonyl (C=O) groups excluding carboxylic acids is 5. The van der Waals surface area contributed by atoms with Crippen LogP contribution in [-0.4, -0.2) is 92.0 Å². The average molecular weight is 798 g/mol. The van der Waals surface area contributed by atoms with E-state index >= 15 is 0 Å². The molecule has 1 heterocycles. The number of hydrogen-bond acceptors (Lipinski definition) is 11. The fourth-order valence-corrected chi connectivity index (χ4v) is 7.55. The van der Waals surface area contributed by atoms with Gasteiger partial charge in [-0.25, -0.2) is 18.0 Å². The van der Waals surface area contributed by atoms with Crippen LogP contribution >= 0.6 is 0 Å². The van der Waals surface area contributed by atoms with E-state index in [9.17, 15) is 32.4 Å². The summed E-state index contributed by atoms with van der Waals surface area (Å²) in [6.07, 6.45) is 4.28. The molecule has 56 heavy (non-hydrogen) atoms. The van der Waals surface area contributed by atoms with Crippen molar-refractivity contribution in [1.82, 2.24) is 14.9 Å². The van der Waals surface area contributed by atoms with Crippen LogP contribution in [0.2, 0.25) is 0 Å². The zero-order valence-corrected chi connectivity index (χ0v) is 32.6. The Bertz CT molecular complexity index is 1850. The Labute approximate surface area is 326 Å². The first kappa shape index (κ1) is 42.0. The van der Waals surface area contributed by atoms with Crippen molar-refractivity contribution in [3.8, 4) is 11.5 Å². The largest absolute Gasteiger partial charge is 0.457 e. The van der Waals surface area contributed by atoms with Gasteiger partial charge in [-0.2, -0.15) is 0 Å². The second-order valence-corrected chi connectivity index (χ2v) is 17.2. The summed E-state index contributed by atoms with van der Waals surface area (Å²) in [6, 6.07) is 14.0. The molecule has 2 aromatic rings. The minimum atomic E-state index is -3.57. The molecule has 5 amide bonds. The number of amides is 5. The maximum atomic E-state index is 14.0. The van der Waals surface area contributed by atoms with Crippen LogP contribution in [0.25, 0.3) is 0 Å². The molecular formula is C39H51N5O11S. The van der Waals surface area contributed by atoms with Gasteiger partial charge in [-0.3, -0.25) is 24.4 Å². The Morgan fingerprint density at radius 1 is 0.964 bits per heavy atom. The van der Waals surface area contributed by atoms with Crippen LogP contribution in [0.1, 0.15) is 65.7 Å². The lowest BCUT2D eigenvalue weighted by Crippen LogP contribution is -2.53. The van der Waals surface area contributed by atoms with E-state index < -0.39 is 69.0 Å². The van der Waals surface area contributed by atoms with Gasteiger partial charge in [0.05, 0.1) is 18.4 Å². The van der Waals surface area contributed by atoms with E-state index in [1.807, 2.05) is 42.5 Å². The number of nitrogens with zero attached hydrogens (tertiary/aromatic N) is 1. The summed E-state index contributed by atoms with van der Waals surface area (Å²) in [5, 5.41) is 4.78. The smallest absolute Gasteiger partial charge is 0.411 e. The number of hydrogen-bond donors (Lipinski definition) is 4. The molecule has 1 saturated heterocycles. The highest BCUT2D eigenvalue weighted by Crippen LogP contribution is 2.40. The standard InChI is InChI=1S/C39H51N5O11S/c1-39(2,3)55-38(49)42-33(24-52-19-9-5-6-10-25-20-32(25)35(46)43-56(50,51)31-17-18-31)36(47)44-23-30(21-27(44)22-34(40)45)54-37(48)41-26-13-15-29(16-14-26)53-28-11-7-4-8-12-28/h4,6-8,10-16,25,27,30-33H,5,9,17-24H2,1-3H3,(H2,40,45)(H,41,48)(H,42,49)(H,43,46)/b10-6-/t25-,27+,30-,32+,33+/m1/s1. The number of carbonyl (C=O) groups is 5. The number of alkyl carbamates (subject to hydrolysis) is 1. The van der Waals surface area contributed by atoms with Crippen molar-refractivity contribution in [2.75, 3.05) is 25.1 Å². The van der Waals surface area contributed by atoms with Gasteiger partial charge in [-0.05, 0) is 95.2 Å². The molecule has 5 atom stereocenters. The molecule has 1 aliphatic heterocycles. The number of primary amides is 1. The predicted octanol–water partition coefficient (Wildman–Crippen LogP) is 4.36. The van der Waals surface area contributed by atoms with Crippen LogP contribution in [0, 0.1) is 11.8 Å². The van der Waals surface area contributed by atoms with Crippen molar-refractivity contribution in [2.45, 2.75) is 94.8 Å². The van der Waals surface area contributed by atoms with Gasteiger partial charge < -0.3 is 34.9 Å². The molecule has 17 heteroatoms. The van der Waals surface area contributed by atoms with E-state index in [0.717, 1.165) is 0 Å². The molecule has 16 nitrogen and oxygen atoms in total. The number of sulfonamides is 1. The zero-order chi connectivity index (χ0) is 40.5. The number of nitrogens with two attached hydrogens (primary N) is 1. The summed E-state index contributed by atoms with van der Waals surface area (Å²) in [5.74, 6) is -0.830. The minimum absolute atomic E-state index is 0.0233. The van der Waals surface area contributed by atoms with Gasteiger partial charge in [0.1, 0.15) is 29.2 Å². The van der Waals surface area contributed by atoms with Gasteiger partial charge in [0.2, 0.25) is 27.7 Å². The normalized spacial score (nSPS) is 21.2. The van der Waals surface area contributed by atoms with Crippen molar-refractivity contribution in [3.05, 3.63) is 66.7 Å². The van der Waals surface area contributed by atoms with Crippen LogP contribution in [0.3, 0.4) is 0 Å². The molecule has 0 aromatic heterocycles. The van der Waals surface area contributed by atoms with Crippen molar-refractivity contribution >= 4 is 45.6 Å². The highest BCUT2D eigenvalue weighted by atomic mass is 32.2. The summed E-state index contributed by atoms with van der Waals surface area (Å²) in [6.45, 7) is 5.01. The van der Waals surface area contributed by atoms with Crippen molar-refractivity contribution in [1.29, 1.82) is 0 Å². The Morgan fingerprint density at radius 2 is 1.66 bits per heavy atom. The SMILES string of the molecule is CC(C)(C)OC(=O)N[C@@H](COCCC/C=C\[C@@H]1C[C@@H]1C(=O)NS(=O)(=O)C1CC1)C(=O)N1C[C@H](OC(=O)Nc2ccc(Oc3ccccc3)cc2)C[C@H]1CC(N)=O. The molecule has 0 spiro atoms. The quantitative estimate of drug-likeness (QED) is 0.123. The molecule has 5 rings (SSSR count). The predicted molar refractivity (Wildman–Crippen MR) is 205 cm³/mol. The topological polar surface area (TPSA) is 222 Å². The molecule has 0 unspecified atom stereocenters. The summed E-state index contributed by atoms with van der Waals surface area (Å²) in [7, 11) is -3.57. The van der Waals surface area contributed by atoms with Crippen molar-refractivity contribution in [3.63, 3.8) is 0 Å². The van der Waals surface area contributed by atoms with Crippen LogP contribution < -0.4 is 25.8 Å². The third-order valence-electron chi connectivity index (χ3n) is 9.15. The lowest BCUT2D eigenvalue weighted by molar-refractivity contribution is -0.137. The Morgan fingerprint density at radius 3 is 2.32 bits per heavy atom. The lowest BCUT2D eigenvalue weighted by Gasteiger charge is -2.29. The van der Waals surface area contributed by atoms with E-state index in [-0.39, 0.29) is 44.4 Å². The summed E-state index contributed by atoms with van der Waals surface area (Å²) in [5.41, 5.74) is 5.12. The number of benzene rings is 2. The fourth-order valence-electron chi connectivity index (χ4n) is 6.19. The molecule has 2 saturated carbocycles. The van der Waals surface area contributed by atoms with E-state index in [4.69, 9.17) is 24.7 Å². The maximum absolute atomic E-state index is 14.0. The van der Waals surface area contributed by atoms with Gasteiger partial charge in [0.15, 0.2) is 0 Å². The van der Waals surface area contributed by atoms with Gasteiger partial charge >= 0.3 is 12.2 Å². The second kappa shape index (κ2) is 18.7. The summed E-state index contributed by atoms with van der Waals surface area (Å²) in [4.78, 5) is 65.3. The molecule has 3 fully saturated rings. The minimum Gasteiger partial charge on any atom is -0.457 e. The number of para-hydroxylation sites is 1. The second-order valence-electron chi connectivity index (χ2n) is 15.2. The maximum Gasteiger partial charge on any atom is 0.411 e. The van der Waals surface area contributed by atoms with Crippen LogP contribution in [0.5, 0.6) is 11.5 Å². The van der Waals surface area contributed by atoms with Crippen molar-refractivity contribution < 1.29 is 51.3 Å². The van der Waals surface area contributed by atoms with Gasteiger partial charge in [0, 0.05) is 37.1 Å². The number of rotatable bonds is 18. The van der Waals surface area contributed by atoms with E-state index in [1.54, 1.807) is 45.0 Å². The molecule has 5 N–H and O–H groups in total. The molecule has 2 aliphatic carbocycles. The van der Waals surface area contributed by atoms with Crippen molar-refractivity contribution in [2.24, 2.45) is 17.6 Å². The van der Waals surface area contributed by atoms with Crippen LogP contribution in [-0.2, 0) is 38.6 Å². The number of likely N-dealkylation sites (tertiary alicyclic amines) is 1. The molecule has 0 radical (unpaired) electrons. The number of nitrogens with one attached hydrogen (secondary N) is 3. The number of allylic oxidation sites excluding steroid dienone is 2. The molecule has 0 bridgehead atoms. The Kier molecular flexibility index (Phi) is 14.0. The highest BCUT2D eigenvalue weighted by molar-refractivity contribution is 7.90. The van der Waals surface area contributed by atoms with Gasteiger partial charge in [-0.15, -0.1) is 0 Å². The first-order chi connectivity index (χ1) is 26.6. The molecule has 3 aliphatic rings. The van der Waals surface area contributed by atoms with Crippen LogP contribution in [0.15, 0.2) is 66.7 Å². The summed E-state index contributed by atoms with van der Waals surface area (Å²) >= 11 is 0. The average Bonchev–Trinajstić information content (AvgIpc) is 4.05. The van der Waals surface area contributed by atoms with E-state index in [0.29, 0.717) is 49.3 Å². The molecule has 304 valence electrons. The van der Waals surface area contributed by atoms with Crippen LogP contribution in [0.4, 0.5) is 15.3 Å². The Balaban J connectivity index is 1.11. The number of unbranched alkanes of at least 4 members (excludes halogenated alkanes) is 1. The Hall–Kier alpha value is -5.16. The first-order valence-electron chi connectivity index (χ1n) is 18.7. The highest BCUT2D eigenvalue weighted by Gasteiger charge is 2.45. The van der Waals surface area contributed by atoms with Gasteiger partial charge in [-0.1, -0.05) is 30.4 Å². The third kappa shape index (κ3) is 13.3. The van der Waals surface area contributed by atoms with E-state index in [2.05, 4.69) is 15.4 Å². The number of anilines is 1. The summed E-state index contributed by atoms with van der Waals surface area (Å²) < 4.78 is 48.9. The third-order valence-corrected chi connectivity index (χ3v) is 11.0.